The summed E-state index contributed by atoms with van der Waals surface area (Å²) in [4.78, 5) is 6.49. The van der Waals surface area contributed by atoms with Crippen LogP contribution in [0.1, 0.15) is 17.8 Å². The maximum atomic E-state index is 6.07. The Hall–Kier alpha value is -1.63. The van der Waals surface area contributed by atoms with Crippen molar-refractivity contribution in [2.45, 2.75) is 13.0 Å². The van der Waals surface area contributed by atoms with Crippen LogP contribution < -0.4 is 4.74 Å². The van der Waals surface area contributed by atoms with Crippen molar-refractivity contribution >= 4 is 11.6 Å². The van der Waals surface area contributed by atoms with E-state index in [2.05, 4.69) is 15.0 Å². The second kappa shape index (κ2) is 7.09. The maximum Gasteiger partial charge on any atom is 0.223 e. The van der Waals surface area contributed by atoms with Gasteiger partial charge in [0.15, 0.2) is 0 Å². The number of hydrogen-bond acceptors (Lipinski definition) is 6. The van der Waals surface area contributed by atoms with Gasteiger partial charge in [-0.15, -0.1) is 0 Å². The third-order valence-electron chi connectivity index (χ3n) is 3.48. The van der Waals surface area contributed by atoms with E-state index in [4.69, 9.17) is 25.6 Å². The number of aryl methyl sites for hydroxylation is 1. The molecule has 1 aliphatic heterocycles. The van der Waals surface area contributed by atoms with Gasteiger partial charge in [-0.05, 0) is 12.1 Å². The lowest BCUT2D eigenvalue weighted by Crippen LogP contribution is -2.40. The van der Waals surface area contributed by atoms with E-state index in [-0.39, 0.29) is 6.10 Å². The van der Waals surface area contributed by atoms with Crippen LogP contribution in [0, 0.1) is 6.92 Å². The fourth-order valence-corrected chi connectivity index (χ4v) is 2.54. The van der Waals surface area contributed by atoms with Crippen LogP contribution in [0.25, 0.3) is 0 Å². The lowest BCUT2D eigenvalue weighted by Gasteiger charge is -2.31. The van der Waals surface area contributed by atoms with Gasteiger partial charge in [0.05, 0.1) is 11.6 Å². The summed E-state index contributed by atoms with van der Waals surface area (Å²) in [5.74, 6) is 1.87. The first-order valence-corrected chi connectivity index (χ1v) is 7.61. The smallest absolute Gasteiger partial charge is 0.223 e. The monoisotopic (exact) mass is 323 g/mol. The van der Waals surface area contributed by atoms with E-state index in [1.807, 2.05) is 24.3 Å². The molecule has 1 aliphatic rings. The maximum absolute atomic E-state index is 6.07. The zero-order chi connectivity index (χ0) is 15.4. The minimum atomic E-state index is -0.147. The Bertz CT molecular complexity index is 620. The molecule has 1 saturated heterocycles. The molecule has 0 spiro atoms. The summed E-state index contributed by atoms with van der Waals surface area (Å²) < 4.78 is 16.4. The molecule has 1 atom stereocenters. The number of aromatic nitrogens is 2. The van der Waals surface area contributed by atoms with E-state index in [9.17, 15) is 0 Å². The second-order valence-corrected chi connectivity index (χ2v) is 5.52. The largest absolute Gasteiger partial charge is 0.491 e. The molecule has 22 heavy (non-hydrogen) atoms. The molecule has 1 unspecified atom stereocenters. The lowest BCUT2D eigenvalue weighted by molar-refractivity contribution is -0.0379. The average Bonchev–Trinajstić information content (AvgIpc) is 2.96. The quantitative estimate of drug-likeness (QED) is 0.842. The fourth-order valence-electron chi connectivity index (χ4n) is 2.35. The topological polar surface area (TPSA) is 60.6 Å². The molecule has 1 aromatic carbocycles. The van der Waals surface area contributed by atoms with E-state index < -0.39 is 0 Å². The first kappa shape index (κ1) is 15.3. The minimum Gasteiger partial charge on any atom is -0.491 e. The highest BCUT2D eigenvalue weighted by Gasteiger charge is 2.25. The van der Waals surface area contributed by atoms with Gasteiger partial charge in [-0.2, -0.15) is 4.98 Å². The molecular formula is C15H18ClN3O3. The van der Waals surface area contributed by atoms with Crippen LogP contribution >= 0.6 is 11.6 Å². The van der Waals surface area contributed by atoms with Gasteiger partial charge in [0, 0.05) is 26.6 Å². The summed E-state index contributed by atoms with van der Waals surface area (Å²) in [6.07, 6.45) is -0.147. The fraction of sp³-hybridized carbons (Fsp3) is 0.467. The molecular weight excluding hydrogens is 306 g/mol. The number of ether oxygens (including phenoxy) is 2. The molecule has 1 aromatic heterocycles. The summed E-state index contributed by atoms with van der Waals surface area (Å²) in [5.41, 5.74) is 0. The van der Waals surface area contributed by atoms with Crippen molar-refractivity contribution in [3.63, 3.8) is 0 Å². The zero-order valence-electron chi connectivity index (χ0n) is 12.4. The Balaban J connectivity index is 1.49. The summed E-state index contributed by atoms with van der Waals surface area (Å²) in [6, 6.07) is 7.48. The van der Waals surface area contributed by atoms with Crippen LogP contribution in [-0.4, -0.2) is 47.9 Å². The zero-order valence-corrected chi connectivity index (χ0v) is 13.1. The number of para-hydroxylation sites is 1. The van der Waals surface area contributed by atoms with E-state index in [1.165, 1.54) is 0 Å². The molecule has 3 rings (SSSR count). The Morgan fingerprint density at radius 2 is 2.27 bits per heavy atom. The first-order valence-electron chi connectivity index (χ1n) is 7.24. The Labute approximate surface area is 134 Å². The number of benzene rings is 1. The van der Waals surface area contributed by atoms with Crippen molar-refractivity contribution < 1.29 is 14.0 Å². The van der Waals surface area contributed by atoms with Gasteiger partial charge >= 0.3 is 0 Å². The van der Waals surface area contributed by atoms with Gasteiger partial charge in [-0.1, -0.05) is 28.9 Å². The molecule has 0 saturated carbocycles. The average molecular weight is 324 g/mol. The van der Waals surface area contributed by atoms with E-state index >= 15 is 0 Å². The SMILES string of the molecule is Cc1nc(C2CN(CCOc3ccccc3Cl)CCO2)no1. The van der Waals surface area contributed by atoms with Crippen molar-refractivity contribution in [3.05, 3.63) is 41.0 Å². The third kappa shape index (κ3) is 3.76. The van der Waals surface area contributed by atoms with Crippen molar-refractivity contribution in [1.29, 1.82) is 0 Å². The Kier molecular flexibility index (Phi) is 4.92. The normalized spacial score (nSPS) is 19.3. The predicted octanol–water partition coefficient (Wildman–Crippen LogP) is 2.48. The van der Waals surface area contributed by atoms with Crippen molar-refractivity contribution in [1.82, 2.24) is 15.0 Å². The van der Waals surface area contributed by atoms with Crippen LogP contribution in [0.4, 0.5) is 0 Å². The highest BCUT2D eigenvalue weighted by atomic mass is 35.5. The van der Waals surface area contributed by atoms with Crippen LogP contribution in [0.15, 0.2) is 28.8 Å². The molecule has 2 heterocycles. The molecule has 7 heteroatoms. The molecule has 0 bridgehead atoms. The van der Waals surface area contributed by atoms with Crippen LogP contribution in [-0.2, 0) is 4.74 Å². The molecule has 0 N–H and O–H groups in total. The molecule has 0 aliphatic carbocycles. The van der Waals surface area contributed by atoms with Crippen LogP contribution in [0.3, 0.4) is 0 Å². The number of halogens is 1. The lowest BCUT2D eigenvalue weighted by atomic mass is 10.2. The van der Waals surface area contributed by atoms with Gasteiger partial charge in [-0.3, -0.25) is 4.90 Å². The third-order valence-corrected chi connectivity index (χ3v) is 3.80. The molecule has 0 radical (unpaired) electrons. The standard InChI is InChI=1S/C15H18ClN3O3/c1-11-17-15(18-22-11)14-10-19(7-9-21-14)6-8-20-13-5-3-2-4-12(13)16/h2-5,14H,6-10H2,1H3. The van der Waals surface area contributed by atoms with Gasteiger partial charge in [0.25, 0.3) is 0 Å². The van der Waals surface area contributed by atoms with Gasteiger partial charge < -0.3 is 14.0 Å². The number of rotatable bonds is 5. The summed E-state index contributed by atoms with van der Waals surface area (Å²) in [5, 5.41) is 4.56. The van der Waals surface area contributed by atoms with Crippen molar-refractivity contribution in [2.75, 3.05) is 32.8 Å². The summed E-state index contributed by atoms with van der Waals surface area (Å²) >= 11 is 6.07. The molecule has 1 fully saturated rings. The van der Waals surface area contributed by atoms with Crippen LogP contribution in [0.5, 0.6) is 5.75 Å². The number of morpholine rings is 1. The first-order chi connectivity index (χ1) is 10.7. The number of nitrogens with zero attached hydrogens (tertiary/aromatic N) is 3. The molecule has 118 valence electrons. The van der Waals surface area contributed by atoms with Crippen molar-refractivity contribution in [2.24, 2.45) is 0 Å². The highest BCUT2D eigenvalue weighted by molar-refractivity contribution is 6.32. The Morgan fingerprint density at radius 1 is 1.41 bits per heavy atom. The molecule has 0 amide bonds. The summed E-state index contributed by atoms with van der Waals surface area (Å²) in [7, 11) is 0. The van der Waals surface area contributed by atoms with Gasteiger partial charge in [-0.25, -0.2) is 0 Å². The molecule has 6 nitrogen and oxygen atoms in total. The minimum absolute atomic E-state index is 0.147. The predicted molar refractivity (Wildman–Crippen MR) is 81.1 cm³/mol. The van der Waals surface area contributed by atoms with Gasteiger partial charge in [0.1, 0.15) is 18.5 Å². The van der Waals surface area contributed by atoms with E-state index in [1.54, 1.807) is 6.92 Å². The van der Waals surface area contributed by atoms with E-state index in [0.29, 0.717) is 35.7 Å². The molecule has 2 aromatic rings. The number of hydrogen-bond donors (Lipinski definition) is 0. The summed E-state index contributed by atoms with van der Waals surface area (Å²) in [6.45, 7) is 5.37. The highest BCUT2D eigenvalue weighted by Crippen LogP contribution is 2.23. The van der Waals surface area contributed by atoms with Gasteiger partial charge in [0.2, 0.25) is 11.7 Å². The van der Waals surface area contributed by atoms with Crippen LogP contribution in [0.2, 0.25) is 5.02 Å². The second-order valence-electron chi connectivity index (χ2n) is 5.11. The van der Waals surface area contributed by atoms with Crippen molar-refractivity contribution in [3.8, 4) is 5.75 Å². The van der Waals surface area contributed by atoms with E-state index in [0.717, 1.165) is 19.6 Å². The Morgan fingerprint density at radius 3 is 3.05 bits per heavy atom.